The predicted molar refractivity (Wildman–Crippen MR) is 56.7 cm³/mol. The minimum atomic E-state index is 0.693. The Kier molecular flexibility index (Phi) is 2.64. The zero-order chi connectivity index (χ0) is 9.31. The van der Waals surface area contributed by atoms with Gasteiger partial charge in [-0.2, -0.15) is 0 Å². The van der Waals surface area contributed by atoms with Gasteiger partial charge in [-0.3, -0.25) is 0 Å². The van der Waals surface area contributed by atoms with Crippen LogP contribution in [0.5, 0.6) is 0 Å². The van der Waals surface area contributed by atoms with Crippen LogP contribution in [0, 0.1) is 17.3 Å². The van der Waals surface area contributed by atoms with Crippen LogP contribution >= 0.6 is 0 Å². The summed E-state index contributed by atoms with van der Waals surface area (Å²) in [6, 6.07) is 0. The molecule has 0 aromatic heterocycles. The Morgan fingerprint density at radius 1 is 1.46 bits per heavy atom. The molecule has 76 valence electrons. The number of hydrogen-bond acceptors (Lipinski definition) is 1. The van der Waals surface area contributed by atoms with Gasteiger partial charge in [0.2, 0.25) is 0 Å². The van der Waals surface area contributed by atoms with Crippen LogP contribution in [0.25, 0.3) is 0 Å². The Morgan fingerprint density at radius 3 is 2.92 bits per heavy atom. The number of rotatable bonds is 1. The van der Waals surface area contributed by atoms with Crippen molar-refractivity contribution >= 4 is 0 Å². The van der Waals surface area contributed by atoms with Gasteiger partial charge in [0, 0.05) is 6.54 Å². The van der Waals surface area contributed by atoms with E-state index in [0.29, 0.717) is 5.41 Å². The molecule has 1 nitrogen and oxygen atoms in total. The minimum absolute atomic E-state index is 0.693. The van der Waals surface area contributed by atoms with Gasteiger partial charge in [-0.05, 0) is 36.6 Å². The first-order valence-electron chi connectivity index (χ1n) is 5.97. The lowest BCUT2D eigenvalue weighted by molar-refractivity contribution is 0.113. The van der Waals surface area contributed by atoms with E-state index in [1.165, 1.54) is 45.2 Å². The molecule has 1 saturated carbocycles. The van der Waals surface area contributed by atoms with Gasteiger partial charge < -0.3 is 5.32 Å². The van der Waals surface area contributed by atoms with Crippen molar-refractivity contribution in [3.05, 3.63) is 0 Å². The molecule has 1 heteroatoms. The first-order valence-corrected chi connectivity index (χ1v) is 5.97. The van der Waals surface area contributed by atoms with Crippen molar-refractivity contribution in [1.29, 1.82) is 0 Å². The molecule has 3 unspecified atom stereocenters. The van der Waals surface area contributed by atoms with E-state index in [9.17, 15) is 0 Å². The maximum Gasteiger partial charge on any atom is 0.00111 e. The van der Waals surface area contributed by atoms with Crippen LogP contribution < -0.4 is 5.32 Å². The molecule has 0 aromatic carbocycles. The van der Waals surface area contributed by atoms with Crippen molar-refractivity contribution in [3.8, 4) is 0 Å². The summed E-state index contributed by atoms with van der Waals surface area (Å²) < 4.78 is 0. The zero-order valence-electron chi connectivity index (χ0n) is 9.10. The molecular formula is C12H23N. The average molecular weight is 181 g/mol. The Morgan fingerprint density at radius 2 is 2.31 bits per heavy atom. The lowest BCUT2D eigenvalue weighted by atomic mass is 9.64. The summed E-state index contributed by atoms with van der Waals surface area (Å²) in [6.07, 6.45) is 7.35. The lowest BCUT2D eigenvalue weighted by Gasteiger charge is -2.40. The van der Waals surface area contributed by atoms with Crippen molar-refractivity contribution in [1.82, 2.24) is 5.32 Å². The molecule has 1 aliphatic carbocycles. The van der Waals surface area contributed by atoms with E-state index < -0.39 is 0 Å². The third kappa shape index (κ3) is 1.63. The molecule has 0 amide bonds. The van der Waals surface area contributed by atoms with Crippen LogP contribution in [0.3, 0.4) is 0 Å². The second-order valence-corrected chi connectivity index (χ2v) is 5.26. The Labute approximate surface area is 82.3 Å². The monoisotopic (exact) mass is 181 g/mol. The number of hydrogen-bond donors (Lipinski definition) is 1. The topological polar surface area (TPSA) is 12.0 Å². The first kappa shape index (κ1) is 9.51. The largest absolute Gasteiger partial charge is 0.316 e. The van der Waals surface area contributed by atoms with Gasteiger partial charge in [0.25, 0.3) is 0 Å². The molecule has 0 radical (unpaired) electrons. The normalized spacial score (nSPS) is 45.7. The lowest BCUT2D eigenvalue weighted by Crippen LogP contribution is -2.34. The maximum absolute atomic E-state index is 3.58. The molecule has 2 aliphatic rings. The van der Waals surface area contributed by atoms with Gasteiger partial charge in [-0.15, -0.1) is 0 Å². The van der Waals surface area contributed by atoms with Crippen molar-refractivity contribution in [2.75, 3.05) is 13.1 Å². The zero-order valence-corrected chi connectivity index (χ0v) is 9.10. The molecule has 13 heavy (non-hydrogen) atoms. The molecule has 1 aliphatic heterocycles. The van der Waals surface area contributed by atoms with Crippen molar-refractivity contribution < 1.29 is 0 Å². The SMILES string of the molecule is CCC1CCCC2(CNCC2C)C1. The molecule has 1 spiro atoms. The third-order valence-electron chi connectivity index (χ3n) is 4.53. The van der Waals surface area contributed by atoms with Crippen LogP contribution in [0.15, 0.2) is 0 Å². The smallest absolute Gasteiger partial charge is 0.00111 e. The first-order chi connectivity index (χ1) is 6.27. The highest BCUT2D eigenvalue weighted by Crippen LogP contribution is 2.47. The molecular weight excluding hydrogens is 158 g/mol. The van der Waals surface area contributed by atoms with E-state index in [-0.39, 0.29) is 0 Å². The Bertz CT molecular complexity index is 178. The molecule has 1 N–H and O–H groups in total. The second-order valence-electron chi connectivity index (χ2n) is 5.26. The molecule has 1 saturated heterocycles. The fourth-order valence-corrected chi connectivity index (χ4v) is 3.41. The fraction of sp³-hybridized carbons (Fsp3) is 1.00. The molecule has 0 aromatic rings. The van der Waals surface area contributed by atoms with Gasteiger partial charge >= 0.3 is 0 Å². The van der Waals surface area contributed by atoms with Gasteiger partial charge in [0.1, 0.15) is 0 Å². The third-order valence-corrected chi connectivity index (χ3v) is 4.53. The summed E-state index contributed by atoms with van der Waals surface area (Å²) in [5.41, 5.74) is 0.693. The Balaban J connectivity index is 2.04. The summed E-state index contributed by atoms with van der Waals surface area (Å²) in [6.45, 7) is 7.36. The van der Waals surface area contributed by atoms with Crippen LogP contribution in [0.1, 0.15) is 46.0 Å². The maximum atomic E-state index is 3.58. The minimum Gasteiger partial charge on any atom is -0.316 e. The average Bonchev–Trinajstić information content (AvgIpc) is 2.48. The van der Waals surface area contributed by atoms with E-state index in [4.69, 9.17) is 0 Å². The predicted octanol–water partition coefficient (Wildman–Crippen LogP) is 2.81. The van der Waals surface area contributed by atoms with Gasteiger partial charge in [-0.25, -0.2) is 0 Å². The van der Waals surface area contributed by atoms with E-state index in [1.807, 2.05) is 0 Å². The summed E-state index contributed by atoms with van der Waals surface area (Å²) in [5.74, 6) is 1.94. The van der Waals surface area contributed by atoms with E-state index in [1.54, 1.807) is 0 Å². The quantitative estimate of drug-likeness (QED) is 0.656. The molecule has 2 fully saturated rings. The fourth-order valence-electron chi connectivity index (χ4n) is 3.41. The van der Waals surface area contributed by atoms with Gasteiger partial charge in [-0.1, -0.05) is 33.1 Å². The molecule has 0 bridgehead atoms. The standard InChI is InChI=1S/C12H23N/c1-3-11-5-4-6-12(7-11)9-13-8-10(12)2/h10-11,13H,3-9H2,1-2H3. The van der Waals surface area contributed by atoms with Crippen LogP contribution in [0.4, 0.5) is 0 Å². The summed E-state index contributed by atoms with van der Waals surface area (Å²) in [7, 11) is 0. The van der Waals surface area contributed by atoms with E-state index in [0.717, 1.165) is 11.8 Å². The summed E-state index contributed by atoms with van der Waals surface area (Å²) in [5, 5.41) is 3.58. The van der Waals surface area contributed by atoms with Crippen LogP contribution in [-0.2, 0) is 0 Å². The molecule has 2 rings (SSSR count). The van der Waals surface area contributed by atoms with Crippen LogP contribution in [-0.4, -0.2) is 13.1 Å². The van der Waals surface area contributed by atoms with Crippen molar-refractivity contribution in [3.63, 3.8) is 0 Å². The van der Waals surface area contributed by atoms with Gasteiger partial charge in [0.15, 0.2) is 0 Å². The van der Waals surface area contributed by atoms with Crippen molar-refractivity contribution in [2.24, 2.45) is 17.3 Å². The highest BCUT2D eigenvalue weighted by atomic mass is 14.9. The number of nitrogens with one attached hydrogen (secondary N) is 1. The molecule has 1 heterocycles. The van der Waals surface area contributed by atoms with Crippen molar-refractivity contribution in [2.45, 2.75) is 46.0 Å². The van der Waals surface area contributed by atoms with E-state index in [2.05, 4.69) is 19.2 Å². The van der Waals surface area contributed by atoms with E-state index >= 15 is 0 Å². The van der Waals surface area contributed by atoms with Crippen LogP contribution in [0.2, 0.25) is 0 Å². The summed E-state index contributed by atoms with van der Waals surface area (Å²) in [4.78, 5) is 0. The Hall–Kier alpha value is -0.0400. The summed E-state index contributed by atoms with van der Waals surface area (Å²) >= 11 is 0. The van der Waals surface area contributed by atoms with Gasteiger partial charge in [0.05, 0.1) is 0 Å². The highest BCUT2D eigenvalue weighted by Gasteiger charge is 2.42. The highest BCUT2D eigenvalue weighted by molar-refractivity contribution is 4.96. The molecule has 3 atom stereocenters. The second kappa shape index (κ2) is 3.61.